The number of nitrogens with two attached hydrogens (primary N) is 1. The zero-order valence-corrected chi connectivity index (χ0v) is 12.6. The molecule has 108 valence electrons. The second kappa shape index (κ2) is 4.83. The number of hydrogen-bond donors (Lipinski definition) is 1. The molecule has 3 rings (SSSR count). The van der Waals surface area contributed by atoms with Gasteiger partial charge in [0, 0.05) is 25.4 Å². The Morgan fingerprint density at radius 3 is 2.85 bits per heavy atom. The van der Waals surface area contributed by atoms with Gasteiger partial charge in [-0.05, 0) is 12.8 Å². The molecule has 0 aliphatic carbocycles. The zero-order valence-electron chi connectivity index (χ0n) is 10.9. The molecule has 2 aromatic rings. The Morgan fingerprint density at radius 1 is 1.45 bits per heavy atom. The van der Waals surface area contributed by atoms with Crippen LogP contribution in [0.25, 0.3) is 0 Å². The maximum absolute atomic E-state index is 11.3. The first-order valence-corrected chi connectivity index (χ1v) is 8.55. The Labute approximate surface area is 121 Å². The second-order valence-electron chi connectivity index (χ2n) is 4.81. The van der Waals surface area contributed by atoms with Crippen molar-refractivity contribution in [2.45, 2.75) is 23.1 Å². The van der Waals surface area contributed by atoms with Gasteiger partial charge in [-0.1, -0.05) is 11.3 Å². The number of hydrogen-bond acceptors (Lipinski definition) is 6. The number of aromatic nitrogens is 3. The first kappa shape index (κ1) is 13.5. The van der Waals surface area contributed by atoms with E-state index in [1.165, 1.54) is 6.20 Å². The van der Waals surface area contributed by atoms with Crippen LogP contribution in [-0.2, 0) is 17.1 Å². The quantitative estimate of drug-likeness (QED) is 0.907. The Morgan fingerprint density at radius 2 is 2.25 bits per heavy atom. The van der Waals surface area contributed by atoms with E-state index < -0.39 is 10.0 Å². The van der Waals surface area contributed by atoms with Crippen molar-refractivity contribution in [2.24, 2.45) is 12.2 Å². The van der Waals surface area contributed by atoms with E-state index in [1.807, 2.05) is 19.4 Å². The molecule has 3 heterocycles. The summed E-state index contributed by atoms with van der Waals surface area (Å²) in [7, 11) is -1.80. The van der Waals surface area contributed by atoms with Gasteiger partial charge in [-0.15, -0.1) is 0 Å². The number of anilines is 1. The van der Waals surface area contributed by atoms with Crippen LogP contribution in [0.2, 0.25) is 0 Å². The number of thiazole rings is 1. The van der Waals surface area contributed by atoms with Crippen molar-refractivity contribution in [3.05, 3.63) is 24.2 Å². The number of primary sulfonamides is 1. The van der Waals surface area contributed by atoms with Crippen LogP contribution in [0.3, 0.4) is 0 Å². The summed E-state index contributed by atoms with van der Waals surface area (Å²) in [4.78, 5) is 6.33. The lowest BCUT2D eigenvalue weighted by Gasteiger charge is -2.22. The molecule has 1 saturated heterocycles. The van der Waals surface area contributed by atoms with Crippen LogP contribution < -0.4 is 10.0 Å². The highest BCUT2D eigenvalue weighted by atomic mass is 32.2. The monoisotopic (exact) mass is 313 g/mol. The number of nitrogens with zero attached hydrogens (tertiary/aromatic N) is 4. The van der Waals surface area contributed by atoms with Crippen molar-refractivity contribution in [3.8, 4) is 0 Å². The Kier molecular flexibility index (Phi) is 3.27. The van der Waals surface area contributed by atoms with Crippen LogP contribution >= 0.6 is 11.3 Å². The van der Waals surface area contributed by atoms with Gasteiger partial charge in [0.15, 0.2) is 9.34 Å². The fraction of sp³-hybridized carbons (Fsp3) is 0.455. The minimum atomic E-state index is -3.68. The van der Waals surface area contributed by atoms with Gasteiger partial charge in [0.2, 0.25) is 10.0 Å². The van der Waals surface area contributed by atoms with Gasteiger partial charge >= 0.3 is 0 Å². The molecule has 0 spiro atoms. The predicted molar refractivity (Wildman–Crippen MR) is 76.0 cm³/mol. The third kappa shape index (κ3) is 2.43. The number of sulfonamides is 1. The van der Waals surface area contributed by atoms with Crippen molar-refractivity contribution in [1.29, 1.82) is 0 Å². The highest BCUT2D eigenvalue weighted by molar-refractivity contribution is 7.91. The third-order valence-electron chi connectivity index (χ3n) is 3.36. The lowest BCUT2D eigenvalue weighted by molar-refractivity contribution is 0.599. The van der Waals surface area contributed by atoms with Crippen LogP contribution in [0.4, 0.5) is 5.13 Å². The summed E-state index contributed by atoms with van der Waals surface area (Å²) in [5.74, 6) is 0. The molecule has 0 saturated carbocycles. The van der Waals surface area contributed by atoms with Crippen molar-refractivity contribution in [1.82, 2.24) is 14.8 Å². The molecule has 1 atom stereocenters. The number of rotatable bonds is 3. The molecule has 20 heavy (non-hydrogen) atoms. The molecule has 0 aromatic carbocycles. The van der Waals surface area contributed by atoms with Gasteiger partial charge in [0.25, 0.3) is 0 Å². The van der Waals surface area contributed by atoms with Crippen molar-refractivity contribution in [3.63, 3.8) is 0 Å². The van der Waals surface area contributed by atoms with Crippen LogP contribution in [0.15, 0.2) is 22.8 Å². The lowest BCUT2D eigenvalue weighted by Crippen LogP contribution is -2.21. The molecular weight excluding hydrogens is 298 g/mol. The average Bonchev–Trinajstić information content (AvgIpc) is 3.06. The van der Waals surface area contributed by atoms with Gasteiger partial charge in [-0.25, -0.2) is 18.5 Å². The molecule has 1 aliphatic rings. The lowest BCUT2D eigenvalue weighted by atomic mass is 10.1. The molecule has 2 N–H and O–H groups in total. The zero-order chi connectivity index (χ0) is 14.3. The second-order valence-corrected chi connectivity index (χ2v) is 7.60. The minimum Gasteiger partial charge on any atom is -0.341 e. The molecule has 7 nitrogen and oxygen atoms in total. The summed E-state index contributed by atoms with van der Waals surface area (Å²) in [5, 5.41) is 10.0. The summed E-state index contributed by atoms with van der Waals surface area (Å²) in [6.45, 7) is 0.858. The summed E-state index contributed by atoms with van der Waals surface area (Å²) >= 11 is 1.12. The summed E-state index contributed by atoms with van der Waals surface area (Å²) in [6, 6.07) is 0.197. The SMILES string of the molecule is Cn1cc(C2CCCN2c2ncc(S(N)(=O)=O)s2)cn1. The smallest absolute Gasteiger partial charge is 0.249 e. The minimum absolute atomic E-state index is 0.101. The van der Waals surface area contributed by atoms with Gasteiger partial charge < -0.3 is 4.90 Å². The van der Waals surface area contributed by atoms with Crippen LogP contribution in [0, 0.1) is 0 Å². The molecular formula is C11H15N5O2S2. The van der Waals surface area contributed by atoms with E-state index in [2.05, 4.69) is 15.0 Å². The largest absolute Gasteiger partial charge is 0.341 e. The standard InChI is InChI=1S/C11H15N5O2S2/c1-15-7-8(5-14-15)9-3-2-4-16(9)11-13-6-10(19-11)20(12,17)18/h5-7,9H,2-4H2,1H3,(H2,12,17,18). The predicted octanol–water partition coefficient (Wildman–Crippen LogP) is 0.866. The highest BCUT2D eigenvalue weighted by Gasteiger charge is 2.29. The molecule has 1 unspecified atom stereocenters. The van der Waals surface area contributed by atoms with Crippen LogP contribution in [0.5, 0.6) is 0 Å². The molecule has 0 radical (unpaired) electrons. The van der Waals surface area contributed by atoms with Crippen molar-refractivity contribution in [2.75, 3.05) is 11.4 Å². The van der Waals surface area contributed by atoms with E-state index in [0.29, 0.717) is 5.13 Å². The van der Waals surface area contributed by atoms with Gasteiger partial charge in [0.1, 0.15) is 0 Å². The van der Waals surface area contributed by atoms with Gasteiger partial charge in [-0.3, -0.25) is 4.68 Å². The third-order valence-corrected chi connectivity index (χ3v) is 5.80. The Bertz CT molecular complexity index is 721. The molecule has 0 bridgehead atoms. The maximum Gasteiger partial charge on any atom is 0.249 e. The van der Waals surface area contributed by atoms with Crippen molar-refractivity contribution >= 4 is 26.5 Å². The first-order chi connectivity index (χ1) is 9.45. The van der Waals surface area contributed by atoms with E-state index in [9.17, 15) is 8.42 Å². The van der Waals surface area contributed by atoms with E-state index >= 15 is 0 Å². The first-order valence-electron chi connectivity index (χ1n) is 6.19. The van der Waals surface area contributed by atoms with Gasteiger partial charge in [0.05, 0.1) is 18.4 Å². The molecule has 2 aromatic heterocycles. The van der Waals surface area contributed by atoms with E-state index in [0.717, 1.165) is 36.3 Å². The molecule has 9 heteroatoms. The topological polar surface area (TPSA) is 94.1 Å². The highest BCUT2D eigenvalue weighted by Crippen LogP contribution is 2.38. The van der Waals surface area contributed by atoms with Crippen LogP contribution in [-0.4, -0.2) is 29.7 Å². The fourth-order valence-corrected chi connectivity index (χ4v) is 4.08. The summed E-state index contributed by atoms with van der Waals surface area (Å²) < 4.78 is 24.5. The molecule has 1 fully saturated rings. The Hall–Kier alpha value is -1.45. The molecule has 1 aliphatic heterocycles. The molecule has 0 amide bonds. The average molecular weight is 313 g/mol. The van der Waals surface area contributed by atoms with Gasteiger partial charge in [-0.2, -0.15) is 5.10 Å². The Balaban J connectivity index is 1.91. The summed E-state index contributed by atoms with van der Waals surface area (Å²) in [6.07, 6.45) is 7.21. The normalized spacial score (nSPS) is 19.7. The van der Waals surface area contributed by atoms with Crippen LogP contribution in [0.1, 0.15) is 24.4 Å². The maximum atomic E-state index is 11.3. The van der Waals surface area contributed by atoms with E-state index in [-0.39, 0.29) is 10.3 Å². The van der Waals surface area contributed by atoms with Crippen molar-refractivity contribution < 1.29 is 8.42 Å². The van der Waals surface area contributed by atoms with E-state index in [4.69, 9.17) is 5.14 Å². The summed E-state index contributed by atoms with van der Waals surface area (Å²) in [5.41, 5.74) is 1.12. The number of aryl methyl sites for hydroxylation is 1. The van der Waals surface area contributed by atoms with E-state index in [1.54, 1.807) is 4.68 Å². The fourth-order valence-electron chi connectivity index (χ4n) is 2.47.